The van der Waals surface area contributed by atoms with E-state index < -0.39 is 22.8 Å². The Hall–Kier alpha value is -3.90. The zero-order valence-electron chi connectivity index (χ0n) is 15.3. The van der Waals surface area contributed by atoms with Crippen LogP contribution in [0.15, 0.2) is 48.5 Å². The van der Waals surface area contributed by atoms with Gasteiger partial charge >= 0.3 is 0 Å². The van der Waals surface area contributed by atoms with Crippen molar-refractivity contribution in [1.82, 2.24) is 0 Å². The number of anilines is 4. The molecule has 138 valence electrons. The molecule has 0 aliphatic carbocycles. The summed E-state index contributed by atoms with van der Waals surface area (Å²) in [5.74, 6) is -1.98. The van der Waals surface area contributed by atoms with Gasteiger partial charge in [-0.05, 0) is 37.6 Å². The molecule has 3 aromatic rings. The fourth-order valence-electron chi connectivity index (χ4n) is 2.89. The first kappa shape index (κ1) is 18.9. The van der Waals surface area contributed by atoms with Crippen molar-refractivity contribution in [3.05, 3.63) is 82.4 Å². The fourth-order valence-corrected chi connectivity index (χ4v) is 2.89. The number of hydrogen-bond acceptors (Lipinski definition) is 4. The van der Waals surface area contributed by atoms with Crippen LogP contribution in [0.4, 0.5) is 31.5 Å². The van der Waals surface area contributed by atoms with E-state index in [1.807, 2.05) is 26.0 Å². The van der Waals surface area contributed by atoms with Crippen LogP contribution in [0.1, 0.15) is 22.3 Å². The second kappa shape index (κ2) is 7.77. The summed E-state index contributed by atoms with van der Waals surface area (Å²) in [5.41, 5.74) is 1.19. The Labute approximate surface area is 161 Å². The molecule has 0 heterocycles. The van der Waals surface area contributed by atoms with Crippen molar-refractivity contribution < 1.29 is 8.78 Å². The van der Waals surface area contributed by atoms with E-state index in [9.17, 15) is 10.5 Å². The molecule has 0 radical (unpaired) electrons. The summed E-state index contributed by atoms with van der Waals surface area (Å²) in [4.78, 5) is 0. The van der Waals surface area contributed by atoms with Crippen LogP contribution in [0.2, 0.25) is 0 Å². The second-order valence-corrected chi connectivity index (χ2v) is 6.29. The molecule has 4 nitrogen and oxygen atoms in total. The molecule has 28 heavy (non-hydrogen) atoms. The Balaban J connectivity index is 2.22. The Kier molecular flexibility index (Phi) is 5.24. The van der Waals surface area contributed by atoms with Gasteiger partial charge in [0.1, 0.15) is 34.6 Å². The van der Waals surface area contributed by atoms with Gasteiger partial charge in [-0.1, -0.05) is 35.9 Å². The molecular weight excluding hydrogens is 358 g/mol. The fraction of sp³-hybridized carbons (Fsp3) is 0.0909. The molecule has 6 heteroatoms. The molecule has 2 N–H and O–H groups in total. The molecule has 0 unspecified atom stereocenters. The Bertz CT molecular complexity index is 1130. The van der Waals surface area contributed by atoms with E-state index in [-0.39, 0.29) is 11.4 Å². The highest BCUT2D eigenvalue weighted by atomic mass is 19.1. The van der Waals surface area contributed by atoms with Crippen molar-refractivity contribution in [2.24, 2.45) is 0 Å². The van der Waals surface area contributed by atoms with Crippen LogP contribution < -0.4 is 10.6 Å². The van der Waals surface area contributed by atoms with Gasteiger partial charge in [0.05, 0.1) is 0 Å². The minimum atomic E-state index is -0.989. The van der Waals surface area contributed by atoms with Crippen molar-refractivity contribution >= 4 is 22.7 Å². The van der Waals surface area contributed by atoms with Gasteiger partial charge in [-0.15, -0.1) is 0 Å². The first-order chi connectivity index (χ1) is 13.5. The predicted molar refractivity (Wildman–Crippen MR) is 105 cm³/mol. The van der Waals surface area contributed by atoms with Crippen molar-refractivity contribution in [1.29, 1.82) is 10.5 Å². The third-order valence-electron chi connectivity index (χ3n) is 4.29. The van der Waals surface area contributed by atoms with Crippen LogP contribution in [-0.2, 0) is 0 Å². The zero-order valence-corrected chi connectivity index (χ0v) is 15.3. The van der Waals surface area contributed by atoms with Crippen LogP contribution in [0.5, 0.6) is 0 Å². The van der Waals surface area contributed by atoms with E-state index in [2.05, 4.69) is 10.6 Å². The molecule has 0 aromatic heterocycles. The van der Waals surface area contributed by atoms with Gasteiger partial charge in [-0.3, -0.25) is 0 Å². The van der Waals surface area contributed by atoms with Gasteiger partial charge < -0.3 is 10.6 Å². The van der Waals surface area contributed by atoms with Gasteiger partial charge in [0.2, 0.25) is 0 Å². The lowest BCUT2D eigenvalue weighted by Crippen LogP contribution is -2.08. The maximum atomic E-state index is 15.1. The van der Waals surface area contributed by atoms with Gasteiger partial charge in [-0.25, -0.2) is 8.78 Å². The van der Waals surface area contributed by atoms with E-state index in [1.54, 1.807) is 48.5 Å². The number of nitrogens with zero attached hydrogens (tertiary/aromatic N) is 2. The number of hydrogen-bond donors (Lipinski definition) is 2. The Morgan fingerprint density at radius 2 is 1.36 bits per heavy atom. The number of halogens is 2. The molecule has 0 bridgehead atoms. The summed E-state index contributed by atoms with van der Waals surface area (Å²) in [6.45, 7) is 3.76. The average Bonchev–Trinajstić information content (AvgIpc) is 2.69. The first-order valence-corrected chi connectivity index (χ1v) is 8.47. The maximum Gasteiger partial charge on any atom is 0.168 e. The summed E-state index contributed by atoms with van der Waals surface area (Å²) < 4.78 is 30.2. The van der Waals surface area contributed by atoms with Crippen molar-refractivity contribution in [3.8, 4) is 12.1 Å². The number of benzene rings is 3. The molecular formula is C22H16F2N4. The van der Waals surface area contributed by atoms with Gasteiger partial charge in [0.15, 0.2) is 11.6 Å². The van der Waals surface area contributed by atoms with E-state index in [1.165, 1.54) is 0 Å². The minimum Gasteiger partial charge on any atom is -0.351 e. The molecule has 0 saturated carbocycles. The third kappa shape index (κ3) is 3.49. The van der Waals surface area contributed by atoms with Crippen LogP contribution >= 0.6 is 0 Å². The molecule has 3 rings (SSSR count). The zero-order chi connectivity index (χ0) is 20.3. The summed E-state index contributed by atoms with van der Waals surface area (Å²) in [5, 5.41) is 24.2. The summed E-state index contributed by atoms with van der Waals surface area (Å²) in [6.07, 6.45) is 0. The lowest BCUT2D eigenvalue weighted by Gasteiger charge is -2.19. The molecule has 0 fully saturated rings. The van der Waals surface area contributed by atoms with Crippen molar-refractivity contribution in [2.45, 2.75) is 13.8 Å². The van der Waals surface area contributed by atoms with Crippen molar-refractivity contribution in [2.75, 3.05) is 10.6 Å². The summed E-state index contributed by atoms with van der Waals surface area (Å²) >= 11 is 0. The van der Waals surface area contributed by atoms with Gasteiger partial charge in [0.25, 0.3) is 0 Å². The minimum absolute atomic E-state index is 0.233. The number of nitrogens with one attached hydrogen (secondary N) is 2. The lowest BCUT2D eigenvalue weighted by atomic mass is 10.0. The highest BCUT2D eigenvalue weighted by Gasteiger charge is 2.25. The topological polar surface area (TPSA) is 71.6 Å². The SMILES string of the molecule is Cc1ccc(Nc2c(F)c(C#N)c(C#N)c(F)c2Nc2ccccc2)c(C)c1. The Morgan fingerprint density at radius 1 is 0.786 bits per heavy atom. The second-order valence-electron chi connectivity index (χ2n) is 6.29. The van der Waals surface area contributed by atoms with E-state index in [0.717, 1.165) is 11.1 Å². The van der Waals surface area contributed by atoms with Gasteiger partial charge in [-0.2, -0.15) is 10.5 Å². The smallest absolute Gasteiger partial charge is 0.168 e. The highest BCUT2D eigenvalue weighted by molar-refractivity contribution is 5.83. The molecule has 0 amide bonds. The molecule has 3 aromatic carbocycles. The van der Waals surface area contributed by atoms with Crippen molar-refractivity contribution in [3.63, 3.8) is 0 Å². The molecule has 0 spiro atoms. The number of aryl methyl sites for hydroxylation is 2. The number of para-hydroxylation sites is 1. The van der Waals surface area contributed by atoms with E-state index in [0.29, 0.717) is 11.4 Å². The molecule has 0 saturated heterocycles. The summed E-state index contributed by atoms with van der Waals surface area (Å²) in [6, 6.07) is 17.3. The molecule has 0 atom stereocenters. The summed E-state index contributed by atoms with van der Waals surface area (Å²) in [7, 11) is 0. The number of rotatable bonds is 4. The van der Waals surface area contributed by atoms with Crippen LogP contribution in [0.25, 0.3) is 0 Å². The van der Waals surface area contributed by atoms with Crippen LogP contribution in [-0.4, -0.2) is 0 Å². The normalized spacial score (nSPS) is 10.1. The number of nitriles is 2. The van der Waals surface area contributed by atoms with Gasteiger partial charge in [0, 0.05) is 11.4 Å². The lowest BCUT2D eigenvalue weighted by molar-refractivity contribution is 0.600. The van der Waals surface area contributed by atoms with E-state index >= 15 is 8.78 Å². The largest absolute Gasteiger partial charge is 0.351 e. The standard InChI is InChI=1S/C22H16F2N4/c1-13-8-9-18(14(2)10-13)28-22-20(24)17(12-26)16(11-25)19(23)21(22)27-15-6-4-3-5-7-15/h3-10,27-28H,1-2H3. The highest BCUT2D eigenvalue weighted by Crippen LogP contribution is 2.38. The van der Waals surface area contributed by atoms with E-state index in [4.69, 9.17) is 0 Å². The third-order valence-corrected chi connectivity index (χ3v) is 4.29. The predicted octanol–water partition coefficient (Wildman–Crippen LogP) is 5.81. The monoisotopic (exact) mass is 374 g/mol. The quantitative estimate of drug-likeness (QED) is 0.604. The maximum absolute atomic E-state index is 15.1. The Morgan fingerprint density at radius 3 is 1.89 bits per heavy atom. The molecule has 0 aliphatic rings. The first-order valence-electron chi connectivity index (χ1n) is 8.47. The van der Waals surface area contributed by atoms with Crippen LogP contribution in [0.3, 0.4) is 0 Å². The van der Waals surface area contributed by atoms with Crippen LogP contribution in [0, 0.1) is 48.1 Å². The average molecular weight is 374 g/mol. The molecule has 0 aliphatic heterocycles.